The Labute approximate surface area is 102 Å². The Kier molecular flexibility index (Phi) is 5.25. The van der Waals surface area contributed by atoms with Gasteiger partial charge in [0.1, 0.15) is 0 Å². The van der Waals surface area contributed by atoms with Crippen LogP contribution in [0.2, 0.25) is 0 Å². The van der Waals surface area contributed by atoms with Gasteiger partial charge < -0.3 is 11.1 Å². The van der Waals surface area contributed by atoms with Gasteiger partial charge in [-0.15, -0.1) is 12.3 Å². The van der Waals surface area contributed by atoms with E-state index in [4.69, 9.17) is 12.2 Å². The molecule has 0 aliphatic rings. The number of amides is 1. The number of benzene rings is 1. The summed E-state index contributed by atoms with van der Waals surface area (Å²) >= 11 is 0. The van der Waals surface area contributed by atoms with Crippen LogP contribution in [-0.4, -0.2) is 11.9 Å². The molecule has 1 amide bonds. The van der Waals surface area contributed by atoms with Crippen LogP contribution < -0.4 is 11.1 Å². The first kappa shape index (κ1) is 13.3. The molecule has 0 saturated carbocycles. The molecule has 90 valence electrons. The molecule has 1 unspecified atom stereocenters. The highest BCUT2D eigenvalue weighted by molar-refractivity contribution is 5.94. The minimum atomic E-state index is -0.0873. The number of hydrogen-bond acceptors (Lipinski definition) is 2. The lowest BCUT2D eigenvalue weighted by Gasteiger charge is -2.14. The zero-order chi connectivity index (χ0) is 12.7. The number of carbonyl (C=O) groups excluding carboxylic acids is 1. The summed E-state index contributed by atoms with van der Waals surface area (Å²) in [7, 11) is 0. The van der Waals surface area contributed by atoms with E-state index in [9.17, 15) is 4.79 Å². The van der Waals surface area contributed by atoms with E-state index < -0.39 is 0 Å². The van der Waals surface area contributed by atoms with Crippen LogP contribution in [0.15, 0.2) is 24.3 Å². The third-order valence-electron chi connectivity index (χ3n) is 2.64. The fraction of sp³-hybridized carbons (Fsp3) is 0.357. The van der Waals surface area contributed by atoms with Gasteiger partial charge in [-0.1, -0.05) is 19.1 Å². The van der Waals surface area contributed by atoms with Crippen molar-refractivity contribution in [2.24, 2.45) is 5.73 Å². The van der Waals surface area contributed by atoms with E-state index in [-0.39, 0.29) is 11.9 Å². The van der Waals surface area contributed by atoms with Crippen molar-refractivity contribution in [2.45, 2.75) is 32.4 Å². The monoisotopic (exact) mass is 230 g/mol. The van der Waals surface area contributed by atoms with Crippen molar-refractivity contribution < 1.29 is 4.79 Å². The van der Waals surface area contributed by atoms with Gasteiger partial charge in [-0.3, -0.25) is 4.79 Å². The van der Waals surface area contributed by atoms with Crippen LogP contribution >= 0.6 is 0 Å². The zero-order valence-electron chi connectivity index (χ0n) is 10.1. The molecule has 1 aromatic rings. The van der Waals surface area contributed by atoms with Crippen molar-refractivity contribution in [3.63, 3.8) is 0 Å². The lowest BCUT2D eigenvalue weighted by Crippen LogP contribution is -2.34. The molecule has 0 fully saturated rings. The van der Waals surface area contributed by atoms with Crippen LogP contribution in [0.25, 0.3) is 0 Å². The van der Waals surface area contributed by atoms with Gasteiger partial charge in [-0.2, -0.15) is 0 Å². The highest BCUT2D eigenvalue weighted by Crippen LogP contribution is 2.05. The second-order valence-corrected chi connectivity index (χ2v) is 3.89. The first-order valence-corrected chi connectivity index (χ1v) is 5.74. The van der Waals surface area contributed by atoms with Crippen molar-refractivity contribution in [1.29, 1.82) is 0 Å². The van der Waals surface area contributed by atoms with Crippen LogP contribution in [0, 0.1) is 12.3 Å². The summed E-state index contributed by atoms with van der Waals surface area (Å²) in [6.07, 6.45) is 6.63. The number of nitrogens with one attached hydrogen (secondary N) is 1. The largest absolute Gasteiger partial charge is 0.348 e. The Morgan fingerprint density at radius 2 is 2.12 bits per heavy atom. The lowest BCUT2D eigenvalue weighted by molar-refractivity contribution is 0.0936. The van der Waals surface area contributed by atoms with E-state index in [2.05, 4.69) is 11.2 Å². The molecule has 0 bridgehead atoms. The summed E-state index contributed by atoms with van der Waals surface area (Å²) in [6, 6.07) is 7.32. The average molecular weight is 230 g/mol. The minimum absolute atomic E-state index is 0.0432. The molecule has 3 nitrogen and oxygen atoms in total. The smallest absolute Gasteiger partial charge is 0.251 e. The van der Waals surface area contributed by atoms with Crippen LogP contribution in [0.4, 0.5) is 0 Å². The molecule has 1 atom stereocenters. The van der Waals surface area contributed by atoms with Crippen molar-refractivity contribution in [3.05, 3.63) is 35.4 Å². The summed E-state index contributed by atoms with van der Waals surface area (Å²) in [5.74, 6) is 2.48. The average Bonchev–Trinajstić information content (AvgIpc) is 2.38. The van der Waals surface area contributed by atoms with Gasteiger partial charge in [0.25, 0.3) is 5.91 Å². The molecule has 17 heavy (non-hydrogen) atoms. The molecule has 0 heterocycles. The van der Waals surface area contributed by atoms with E-state index in [1.807, 2.05) is 19.1 Å². The van der Waals surface area contributed by atoms with Gasteiger partial charge in [-0.25, -0.2) is 0 Å². The third-order valence-corrected chi connectivity index (χ3v) is 2.64. The topological polar surface area (TPSA) is 55.1 Å². The predicted molar refractivity (Wildman–Crippen MR) is 69.3 cm³/mol. The fourth-order valence-electron chi connectivity index (χ4n) is 1.50. The first-order chi connectivity index (χ1) is 8.21. The normalized spacial score (nSPS) is 11.6. The Morgan fingerprint density at radius 1 is 1.47 bits per heavy atom. The summed E-state index contributed by atoms with van der Waals surface area (Å²) in [6.45, 7) is 2.48. The maximum Gasteiger partial charge on any atom is 0.251 e. The number of terminal acetylenes is 1. The second-order valence-electron chi connectivity index (χ2n) is 3.89. The quantitative estimate of drug-likeness (QED) is 0.756. The standard InChI is InChI=1S/C14H18N2O/c1-3-5-13(4-2)16-14(17)12-8-6-11(10-15)7-9-12/h1,6-9,13H,4-5,10,15H2,2H3,(H,16,17). The highest BCUT2D eigenvalue weighted by atomic mass is 16.1. The lowest BCUT2D eigenvalue weighted by atomic mass is 10.1. The van der Waals surface area contributed by atoms with Gasteiger partial charge in [0, 0.05) is 24.6 Å². The van der Waals surface area contributed by atoms with E-state index in [1.165, 1.54) is 0 Å². The second kappa shape index (κ2) is 6.72. The summed E-state index contributed by atoms with van der Waals surface area (Å²) in [5.41, 5.74) is 7.14. The molecular formula is C14H18N2O. The van der Waals surface area contributed by atoms with Gasteiger partial charge in [-0.05, 0) is 24.1 Å². The Hall–Kier alpha value is -1.79. The minimum Gasteiger partial charge on any atom is -0.348 e. The first-order valence-electron chi connectivity index (χ1n) is 5.74. The van der Waals surface area contributed by atoms with E-state index in [0.29, 0.717) is 18.5 Å². The van der Waals surface area contributed by atoms with Gasteiger partial charge in [0.15, 0.2) is 0 Å². The zero-order valence-corrected chi connectivity index (χ0v) is 10.1. The van der Waals surface area contributed by atoms with Gasteiger partial charge in [0.05, 0.1) is 0 Å². The molecule has 3 N–H and O–H groups in total. The van der Waals surface area contributed by atoms with Crippen molar-refractivity contribution in [1.82, 2.24) is 5.32 Å². The Balaban J connectivity index is 2.65. The third kappa shape index (κ3) is 3.93. The number of carbonyl (C=O) groups is 1. The van der Waals surface area contributed by atoms with Gasteiger partial charge in [0.2, 0.25) is 0 Å². The molecule has 0 radical (unpaired) electrons. The molecule has 3 heteroatoms. The molecule has 0 aliphatic heterocycles. The van der Waals surface area contributed by atoms with E-state index in [0.717, 1.165) is 12.0 Å². The maximum atomic E-state index is 11.9. The van der Waals surface area contributed by atoms with Crippen molar-refractivity contribution in [3.8, 4) is 12.3 Å². The molecule has 0 spiro atoms. The maximum absolute atomic E-state index is 11.9. The molecule has 0 saturated heterocycles. The van der Waals surface area contributed by atoms with Crippen molar-refractivity contribution in [2.75, 3.05) is 0 Å². The van der Waals surface area contributed by atoms with Crippen LogP contribution in [0.3, 0.4) is 0 Å². The molecule has 0 aromatic heterocycles. The number of rotatable bonds is 5. The van der Waals surface area contributed by atoms with Crippen molar-refractivity contribution >= 4 is 5.91 Å². The van der Waals surface area contributed by atoms with Crippen LogP contribution in [0.1, 0.15) is 35.7 Å². The number of hydrogen-bond donors (Lipinski definition) is 2. The molecular weight excluding hydrogens is 212 g/mol. The van der Waals surface area contributed by atoms with Crippen LogP contribution in [0.5, 0.6) is 0 Å². The summed E-state index contributed by atoms with van der Waals surface area (Å²) < 4.78 is 0. The highest BCUT2D eigenvalue weighted by Gasteiger charge is 2.10. The predicted octanol–water partition coefficient (Wildman–Crippen LogP) is 1.68. The SMILES string of the molecule is C#CCC(CC)NC(=O)c1ccc(CN)cc1. The molecule has 1 aromatic carbocycles. The Morgan fingerprint density at radius 3 is 2.59 bits per heavy atom. The fourth-order valence-corrected chi connectivity index (χ4v) is 1.50. The Bertz CT molecular complexity index is 403. The number of nitrogens with two attached hydrogens (primary N) is 1. The van der Waals surface area contributed by atoms with Crippen LogP contribution in [-0.2, 0) is 6.54 Å². The van der Waals surface area contributed by atoms with E-state index in [1.54, 1.807) is 12.1 Å². The summed E-state index contributed by atoms with van der Waals surface area (Å²) in [5, 5.41) is 2.91. The van der Waals surface area contributed by atoms with E-state index >= 15 is 0 Å². The summed E-state index contributed by atoms with van der Waals surface area (Å²) in [4.78, 5) is 11.9. The molecule has 0 aliphatic carbocycles. The molecule has 1 rings (SSSR count). The van der Waals surface area contributed by atoms with Gasteiger partial charge >= 0.3 is 0 Å².